The first-order chi connectivity index (χ1) is 14.5. The van der Waals surface area contributed by atoms with E-state index in [2.05, 4.69) is 10.2 Å². The molecule has 0 fully saturated rings. The molecule has 2 aromatic carbocycles. The summed E-state index contributed by atoms with van der Waals surface area (Å²) in [5, 5.41) is 29.1. The zero-order valence-electron chi connectivity index (χ0n) is 15.9. The molecule has 30 heavy (non-hydrogen) atoms. The molecular weight excluding hydrogens is 402 g/mol. The van der Waals surface area contributed by atoms with Crippen molar-refractivity contribution < 1.29 is 19.8 Å². The number of aromatic hydroxyl groups is 1. The van der Waals surface area contributed by atoms with Crippen molar-refractivity contribution in [2.45, 2.75) is 13.0 Å². The number of ketones is 1. The fraction of sp³-hybridized carbons (Fsp3) is 0.0909. The molecule has 4 rings (SSSR count). The third-order valence-electron chi connectivity index (χ3n) is 4.63. The number of hydrogen-bond donors (Lipinski definition) is 2. The first-order valence-corrected chi connectivity index (χ1v) is 9.90. The molecule has 3 aromatic rings. The van der Waals surface area contributed by atoms with Crippen molar-refractivity contribution in [1.29, 1.82) is 0 Å². The number of aryl methyl sites for hydroxylation is 1. The Balaban J connectivity index is 1.78. The second-order valence-electron chi connectivity index (χ2n) is 6.64. The predicted octanol–water partition coefficient (Wildman–Crippen LogP) is 3.73. The second-order valence-corrected chi connectivity index (χ2v) is 7.80. The highest BCUT2D eigenvalue weighted by Crippen LogP contribution is 2.42. The van der Waals surface area contributed by atoms with Gasteiger partial charge in [-0.1, -0.05) is 59.9 Å². The number of rotatable bonds is 5. The van der Waals surface area contributed by atoms with Gasteiger partial charge in [-0.2, -0.15) is 0 Å². The molecule has 0 aliphatic carbocycles. The molecular formula is C22H17N3O4S. The van der Waals surface area contributed by atoms with Crippen LogP contribution in [0, 0.1) is 6.92 Å². The van der Waals surface area contributed by atoms with Gasteiger partial charge < -0.3 is 10.2 Å². The molecule has 0 saturated heterocycles. The van der Waals surface area contributed by atoms with E-state index in [0.29, 0.717) is 10.6 Å². The molecule has 7 nitrogen and oxygen atoms in total. The summed E-state index contributed by atoms with van der Waals surface area (Å²) in [4.78, 5) is 27.2. The van der Waals surface area contributed by atoms with Gasteiger partial charge in [0.05, 0.1) is 11.6 Å². The van der Waals surface area contributed by atoms with Crippen LogP contribution in [0.2, 0.25) is 0 Å². The Bertz CT molecular complexity index is 1170. The second kappa shape index (κ2) is 7.92. The van der Waals surface area contributed by atoms with Gasteiger partial charge in [-0.25, -0.2) is 0 Å². The van der Waals surface area contributed by atoms with Crippen LogP contribution in [0.5, 0.6) is 5.75 Å². The lowest BCUT2D eigenvalue weighted by Gasteiger charge is -2.23. The number of carbonyl (C=O) groups is 2. The molecule has 8 heteroatoms. The van der Waals surface area contributed by atoms with Gasteiger partial charge in [0.25, 0.3) is 5.91 Å². The number of benzene rings is 2. The van der Waals surface area contributed by atoms with Crippen molar-refractivity contribution in [3.8, 4) is 5.75 Å². The van der Waals surface area contributed by atoms with Crippen LogP contribution in [0.1, 0.15) is 22.2 Å². The van der Waals surface area contributed by atoms with Crippen molar-refractivity contribution in [3.63, 3.8) is 0 Å². The number of carbonyl (C=O) groups excluding carboxylic acids is 2. The fourth-order valence-corrected chi connectivity index (χ4v) is 3.95. The van der Waals surface area contributed by atoms with E-state index in [1.165, 1.54) is 34.4 Å². The number of hydrogen-bond acceptors (Lipinski definition) is 7. The van der Waals surface area contributed by atoms with Crippen LogP contribution in [-0.4, -0.2) is 32.1 Å². The molecule has 0 saturated carbocycles. The van der Waals surface area contributed by atoms with Gasteiger partial charge in [-0.3, -0.25) is 14.5 Å². The summed E-state index contributed by atoms with van der Waals surface area (Å²) in [6, 6.07) is 14.5. The minimum absolute atomic E-state index is 0.0476. The van der Waals surface area contributed by atoms with E-state index in [9.17, 15) is 19.8 Å². The van der Waals surface area contributed by atoms with Gasteiger partial charge in [0, 0.05) is 0 Å². The van der Waals surface area contributed by atoms with Crippen LogP contribution in [0.15, 0.2) is 72.0 Å². The maximum atomic E-state index is 13.0. The summed E-state index contributed by atoms with van der Waals surface area (Å²) >= 11 is 1.18. The number of phenols is 1. The minimum atomic E-state index is -0.890. The zero-order valence-corrected chi connectivity index (χ0v) is 16.7. The lowest BCUT2D eigenvalue weighted by Crippen LogP contribution is -2.30. The Morgan fingerprint density at radius 2 is 1.77 bits per heavy atom. The van der Waals surface area contributed by atoms with E-state index in [0.717, 1.165) is 5.56 Å². The largest absolute Gasteiger partial charge is 0.508 e. The van der Waals surface area contributed by atoms with Gasteiger partial charge in [0.2, 0.25) is 5.13 Å². The number of aromatic nitrogens is 2. The van der Waals surface area contributed by atoms with E-state index in [1.807, 2.05) is 30.3 Å². The number of phenolic OH excluding ortho intramolecular Hbond substituents is 1. The summed E-state index contributed by atoms with van der Waals surface area (Å²) in [5.74, 6) is -1.79. The van der Waals surface area contributed by atoms with E-state index in [4.69, 9.17) is 0 Å². The van der Waals surface area contributed by atoms with Crippen molar-refractivity contribution in [2.24, 2.45) is 0 Å². The van der Waals surface area contributed by atoms with E-state index in [1.54, 1.807) is 25.1 Å². The zero-order chi connectivity index (χ0) is 21.3. The summed E-state index contributed by atoms with van der Waals surface area (Å²) in [7, 11) is 0. The first kappa shape index (κ1) is 19.5. The van der Waals surface area contributed by atoms with E-state index >= 15 is 0 Å². The molecule has 2 heterocycles. The fourth-order valence-electron chi connectivity index (χ4n) is 3.24. The van der Waals surface area contributed by atoms with Crippen LogP contribution in [0.4, 0.5) is 5.13 Å². The highest BCUT2D eigenvalue weighted by Gasteiger charge is 2.45. The van der Waals surface area contributed by atoms with Gasteiger partial charge in [0.1, 0.15) is 10.8 Å². The van der Waals surface area contributed by atoms with Gasteiger partial charge in [0.15, 0.2) is 11.5 Å². The highest BCUT2D eigenvalue weighted by atomic mass is 32.1. The lowest BCUT2D eigenvalue weighted by molar-refractivity contribution is -0.117. The normalized spacial score (nSPS) is 16.6. The summed E-state index contributed by atoms with van der Waals surface area (Å²) in [6.45, 7) is 1.75. The summed E-state index contributed by atoms with van der Waals surface area (Å²) < 4.78 is 0. The quantitative estimate of drug-likeness (QED) is 0.611. The Morgan fingerprint density at radius 1 is 1.07 bits per heavy atom. The number of aliphatic hydroxyl groups excluding tert-OH is 1. The lowest BCUT2D eigenvalue weighted by atomic mass is 9.95. The SMILES string of the molecule is Cc1nnc(N2C(=O)C(O)=C(C(=O)C=Cc3ccccc3)C2c2ccc(O)cc2)s1. The van der Waals surface area contributed by atoms with Crippen LogP contribution in [-0.2, 0) is 9.59 Å². The van der Waals surface area contributed by atoms with E-state index in [-0.39, 0.29) is 16.5 Å². The Kier molecular flexibility index (Phi) is 5.16. The molecule has 0 spiro atoms. The van der Waals surface area contributed by atoms with Crippen LogP contribution in [0.3, 0.4) is 0 Å². The molecule has 0 bridgehead atoms. The number of nitrogens with zero attached hydrogens (tertiary/aromatic N) is 3. The van der Waals surface area contributed by atoms with Crippen LogP contribution < -0.4 is 4.90 Å². The van der Waals surface area contributed by atoms with Gasteiger partial charge >= 0.3 is 0 Å². The van der Waals surface area contributed by atoms with Gasteiger partial charge in [-0.05, 0) is 36.3 Å². The molecule has 1 aromatic heterocycles. The number of amides is 1. The third-order valence-corrected chi connectivity index (χ3v) is 5.47. The van der Waals surface area contributed by atoms with Crippen molar-refractivity contribution in [3.05, 3.63) is 88.1 Å². The average molecular weight is 419 g/mol. The molecule has 1 unspecified atom stereocenters. The van der Waals surface area contributed by atoms with Crippen molar-refractivity contribution in [2.75, 3.05) is 4.90 Å². The van der Waals surface area contributed by atoms with Crippen molar-refractivity contribution in [1.82, 2.24) is 10.2 Å². The monoisotopic (exact) mass is 419 g/mol. The van der Waals surface area contributed by atoms with Crippen molar-refractivity contribution >= 4 is 34.2 Å². The molecule has 1 aliphatic heterocycles. The average Bonchev–Trinajstić information content (AvgIpc) is 3.28. The first-order valence-electron chi connectivity index (χ1n) is 9.09. The standard InChI is InChI=1S/C22H17N3O4S/c1-13-23-24-22(30-13)25-19(15-8-10-16(26)11-9-15)18(20(28)21(25)29)17(27)12-7-14-5-3-2-4-6-14/h2-12,19,26,28H,1H3. The summed E-state index contributed by atoms with van der Waals surface area (Å²) in [5.41, 5.74) is 1.31. The topological polar surface area (TPSA) is 104 Å². The number of aliphatic hydroxyl groups is 1. The molecule has 1 amide bonds. The van der Waals surface area contributed by atoms with Gasteiger partial charge in [-0.15, -0.1) is 10.2 Å². The third kappa shape index (κ3) is 3.60. The molecule has 150 valence electrons. The maximum Gasteiger partial charge on any atom is 0.296 e. The van der Waals surface area contributed by atoms with E-state index < -0.39 is 23.5 Å². The van der Waals surface area contributed by atoms with Crippen LogP contribution >= 0.6 is 11.3 Å². The summed E-state index contributed by atoms with van der Waals surface area (Å²) in [6.07, 6.45) is 2.95. The highest BCUT2D eigenvalue weighted by molar-refractivity contribution is 7.15. The maximum absolute atomic E-state index is 13.0. The minimum Gasteiger partial charge on any atom is -0.508 e. The number of anilines is 1. The smallest absolute Gasteiger partial charge is 0.296 e. The molecule has 1 atom stereocenters. The Labute approximate surface area is 176 Å². The van der Waals surface area contributed by atoms with Crippen LogP contribution in [0.25, 0.3) is 6.08 Å². The molecule has 2 N–H and O–H groups in total. The molecule has 0 radical (unpaired) electrons. The molecule has 1 aliphatic rings. The Hall–Kier alpha value is -3.78. The predicted molar refractivity (Wildman–Crippen MR) is 113 cm³/mol. The Morgan fingerprint density at radius 3 is 2.40 bits per heavy atom. The number of allylic oxidation sites excluding steroid dienone is 1.